The normalized spacial score (nSPS) is 10.7. The second-order valence-corrected chi connectivity index (χ2v) is 4.37. The Kier molecular flexibility index (Phi) is 3.16. The summed E-state index contributed by atoms with van der Waals surface area (Å²) >= 11 is 0. The molecule has 3 rings (SSSR count). The van der Waals surface area contributed by atoms with Crippen LogP contribution in [0.4, 0.5) is 5.82 Å². The fourth-order valence-electron chi connectivity index (χ4n) is 1.93. The number of para-hydroxylation sites is 1. The van der Waals surface area contributed by atoms with Crippen LogP contribution < -0.4 is 10.5 Å². The topological polar surface area (TPSA) is 73.9 Å². The average molecular weight is 266 g/mol. The fraction of sp³-hybridized carbons (Fsp3) is 0.133. The zero-order valence-corrected chi connectivity index (χ0v) is 11.1. The van der Waals surface area contributed by atoms with Crippen molar-refractivity contribution in [3.05, 3.63) is 48.4 Å². The van der Waals surface area contributed by atoms with Gasteiger partial charge in [-0.25, -0.2) is 4.98 Å². The van der Waals surface area contributed by atoms with Gasteiger partial charge in [0.1, 0.15) is 17.4 Å². The number of aryl methyl sites for hydroxylation is 1. The van der Waals surface area contributed by atoms with Gasteiger partial charge in [0.05, 0.1) is 11.7 Å². The third-order valence-electron chi connectivity index (χ3n) is 2.87. The van der Waals surface area contributed by atoms with Crippen LogP contribution in [0.1, 0.15) is 12.7 Å². The maximum atomic E-state index is 5.73. The molecule has 0 saturated carbocycles. The molecule has 1 aromatic carbocycles. The van der Waals surface area contributed by atoms with E-state index in [1.807, 2.05) is 37.3 Å². The lowest BCUT2D eigenvalue weighted by Crippen LogP contribution is -2.00. The van der Waals surface area contributed by atoms with Gasteiger partial charge in [-0.15, -0.1) is 0 Å². The van der Waals surface area contributed by atoms with Crippen LogP contribution in [0.3, 0.4) is 0 Å². The van der Waals surface area contributed by atoms with Crippen molar-refractivity contribution >= 4 is 16.7 Å². The zero-order chi connectivity index (χ0) is 13.9. The van der Waals surface area contributed by atoms with E-state index in [4.69, 9.17) is 10.5 Å². The lowest BCUT2D eigenvalue weighted by Gasteiger charge is -2.07. The third-order valence-corrected chi connectivity index (χ3v) is 2.87. The number of rotatable bonds is 3. The Morgan fingerprint density at radius 2 is 2.00 bits per heavy atom. The van der Waals surface area contributed by atoms with Crippen LogP contribution >= 0.6 is 0 Å². The van der Waals surface area contributed by atoms with E-state index in [1.54, 1.807) is 12.3 Å². The maximum Gasteiger partial charge on any atom is 0.224 e. The molecule has 0 atom stereocenters. The summed E-state index contributed by atoms with van der Waals surface area (Å²) in [7, 11) is 0. The Labute approximate surface area is 116 Å². The number of hydrogen-bond donors (Lipinski definition) is 1. The van der Waals surface area contributed by atoms with E-state index >= 15 is 0 Å². The maximum absolute atomic E-state index is 5.73. The lowest BCUT2D eigenvalue weighted by molar-refractivity contribution is 0.458. The Balaban J connectivity index is 1.94. The molecule has 0 saturated heterocycles. The second kappa shape index (κ2) is 5.13. The third kappa shape index (κ3) is 2.51. The molecule has 5 heteroatoms. The minimum absolute atomic E-state index is 0.403. The number of nitrogen functional groups attached to an aromatic ring is 1. The SMILES string of the molecule is CCc1nc(N)cc(Oc2cnc3ccccc3c2)n1. The van der Waals surface area contributed by atoms with E-state index in [2.05, 4.69) is 15.0 Å². The average Bonchev–Trinajstić information content (AvgIpc) is 2.46. The summed E-state index contributed by atoms with van der Waals surface area (Å²) in [5.41, 5.74) is 6.66. The highest BCUT2D eigenvalue weighted by molar-refractivity contribution is 5.79. The number of ether oxygens (including phenoxy) is 1. The smallest absolute Gasteiger partial charge is 0.224 e. The minimum atomic E-state index is 0.403. The molecule has 5 nitrogen and oxygen atoms in total. The summed E-state index contributed by atoms with van der Waals surface area (Å²) in [5.74, 6) is 2.13. The second-order valence-electron chi connectivity index (χ2n) is 4.37. The summed E-state index contributed by atoms with van der Waals surface area (Å²) in [5, 5.41) is 1.02. The van der Waals surface area contributed by atoms with Gasteiger partial charge in [-0.05, 0) is 12.1 Å². The minimum Gasteiger partial charge on any atom is -0.437 e. The molecule has 2 heterocycles. The number of anilines is 1. The monoisotopic (exact) mass is 266 g/mol. The first-order chi connectivity index (χ1) is 9.74. The molecule has 0 bridgehead atoms. The number of benzene rings is 1. The summed E-state index contributed by atoms with van der Waals surface area (Å²) < 4.78 is 5.72. The van der Waals surface area contributed by atoms with Crippen LogP contribution in [-0.4, -0.2) is 15.0 Å². The Morgan fingerprint density at radius 1 is 1.15 bits per heavy atom. The van der Waals surface area contributed by atoms with Crippen molar-refractivity contribution in [2.75, 3.05) is 5.73 Å². The molecule has 20 heavy (non-hydrogen) atoms. The molecule has 0 aliphatic rings. The van der Waals surface area contributed by atoms with E-state index in [1.165, 1.54) is 0 Å². The molecule has 0 radical (unpaired) electrons. The molecule has 0 amide bonds. The predicted molar refractivity (Wildman–Crippen MR) is 77.6 cm³/mol. The fourth-order valence-corrected chi connectivity index (χ4v) is 1.93. The van der Waals surface area contributed by atoms with Crippen LogP contribution in [0.5, 0.6) is 11.6 Å². The molecular formula is C15H14N4O. The van der Waals surface area contributed by atoms with Gasteiger partial charge < -0.3 is 10.5 Å². The largest absolute Gasteiger partial charge is 0.437 e. The van der Waals surface area contributed by atoms with Gasteiger partial charge in [-0.2, -0.15) is 4.98 Å². The van der Waals surface area contributed by atoms with Gasteiger partial charge in [0.25, 0.3) is 0 Å². The first-order valence-electron chi connectivity index (χ1n) is 6.40. The molecule has 2 aromatic heterocycles. The van der Waals surface area contributed by atoms with Crippen molar-refractivity contribution in [3.63, 3.8) is 0 Å². The van der Waals surface area contributed by atoms with E-state index < -0.39 is 0 Å². The highest BCUT2D eigenvalue weighted by Gasteiger charge is 2.05. The predicted octanol–water partition coefficient (Wildman–Crippen LogP) is 2.96. The standard InChI is InChI=1S/C15H14N4O/c1-2-14-18-13(16)8-15(19-14)20-11-7-10-5-3-4-6-12(10)17-9-11/h3-9H,2H2,1H3,(H2,16,18,19). The molecule has 0 fully saturated rings. The molecule has 2 N–H and O–H groups in total. The van der Waals surface area contributed by atoms with Crippen molar-refractivity contribution in [2.45, 2.75) is 13.3 Å². The molecule has 0 spiro atoms. The molecule has 3 aromatic rings. The van der Waals surface area contributed by atoms with Gasteiger partial charge in [0, 0.05) is 17.9 Å². The van der Waals surface area contributed by atoms with Gasteiger partial charge >= 0.3 is 0 Å². The van der Waals surface area contributed by atoms with Crippen LogP contribution in [0.15, 0.2) is 42.6 Å². The number of pyridine rings is 1. The van der Waals surface area contributed by atoms with Crippen molar-refractivity contribution < 1.29 is 4.74 Å². The van der Waals surface area contributed by atoms with Crippen LogP contribution in [-0.2, 0) is 6.42 Å². The lowest BCUT2D eigenvalue weighted by atomic mass is 10.2. The Morgan fingerprint density at radius 3 is 2.85 bits per heavy atom. The summed E-state index contributed by atoms with van der Waals surface area (Å²) in [6, 6.07) is 11.4. The van der Waals surface area contributed by atoms with Crippen molar-refractivity contribution in [1.82, 2.24) is 15.0 Å². The van der Waals surface area contributed by atoms with Gasteiger partial charge in [0.15, 0.2) is 0 Å². The van der Waals surface area contributed by atoms with E-state index in [0.717, 1.165) is 10.9 Å². The van der Waals surface area contributed by atoms with Crippen LogP contribution in [0.2, 0.25) is 0 Å². The summed E-state index contributed by atoms with van der Waals surface area (Å²) in [6.45, 7) is 1.97. The van der Waals surface area contributed by atoms with E-state index in [0.29, 0.717) is 29.7 Å². The quantitative estimate of drug-likeness (QED) is 0.788. The van der Waals surface area contributed by atoms with Gasteiger partial charge in [-0.1, -0.05) is 25.1 Å². The van der Waals surface area contributed by atoms with Gasteiger partial charge in [0.2, 0.25) is 5.88 Å². The number of fused-ring (bicyclic) bond motifs is 1. The Hall–Kier alpha value is -2.69. The number of nitrogens with zero attached hydrogens (tertiary/aromatic N) is 3. The van der Waals surface area contributed by atoms with E-state index in [9.17, 15) is 0 Å². The molecule has 0 aliphatic carbocycles. The number of aromatic nitrogens is 3. The summed E-state index contributed by atoms with van der Waals surface area (Å²) in [4.78, 5) is 12.7. The molecule has 0 unspecified atom stereocenters. The highest BCUT2D eigenvalue weighted by Crippen LogP contribution is 2.23. The highest BCUT2D eigenvalue weighted by atomic mass is 16.5. The van der Waals surface area contributed by atoms with Crippen LogP contribution in [0.25, 0.3) is 10.9 Å². The first kappa shape index (κ1) is 12.3. The number of nitrogens with two attached hydrogens (primary N) is 1. The molecule has 100 valence electrons. The number of hydrogen-bond acceptors (Lipinski definition) is 5. The van der Waals surface area contributed by atoms with Crippen LogP contribution in [0, 0.1) is 0 Å². The van der Waals surface area contributed by atoms with E-state index in [-0.39, 0.29) is 0 Å². The molecular weight excluding hydrogens is 252 g/mol. The van der Waals surface area contributed by atoms with Crippen molar-refractivity contribution in [1.29, 1.82) is 0 Å². The zero-order valence-electron chi connectivity index (χ0n) is 11.1. The van der Waals surface area contributed by atoms with Gasteiger partial charge in [-0.3, -0.25) is 4.98 Å². The summed E-state index contributed by atoms with van der Waals surface area (Å²) in [6.07, 6.45) is 2.38. The molecule has 0 aliphatic heterocycles. The first-order valence-corrected chi connectivity index (χ1v) is 6.40. The Bertz CT molecular complexity index is 758. The van der Waals surface area contributed by atoms with Crippen molar-refractivity contribution in [2.24, 2.45) is 0 Å². The van der Waals surface area contributed by atoms with Crippen molar-refractivity contribution in [3.8, 4) is 11.6 Å².